The number of ether oxygens (including phenoxy) is 1. The lowest BCUT2D eigenvalue weighted by atomic mass is 10.2. The SMILES string of the molecule is Cn1nc(C(F)(F)F)c(C[S+]([O-])c2ncc(Br)s2)c1OC(F)F. The van der Waals surface area contributed by atoms with Gasteiger partial charge in [-0.15, -0.1) is 0 Å². The molecule has 23 heavy (non-hydrogen) atoms. The standard InChI is InChI=1S/C10H7BrF5N3O2S2/c1-19-7(21-8(12)13)4(6(18-19)10(14,15)16)3-23(20)9-17-2-5(11)22-9/h2,8H,3H2,1H3. The number of nitrogens with zero attached hydrogens (tertiary/aromatic N) is 3. The van der Waals surface area contributed by atoms with Gasteiger partial charge in [-0.1, -0.05) is 11.3 Å². The molecular weight excluding hydrogens is 433 g/mol. The predicted molar refractivity (Wildman–Crippen MR) is 74.8 cm³/mol. The Labute approximate surface area is 141 Å². The highest BCUT2D eigenvalue weighted by molar-refractivity contribution is 9.11. The topological polar surface area (TPSA) is 63.0 Å². The van der Waals surface area contributed by atoms with Crippen molar-refractivity contribution in [2.24, 2.45) is 7.05 Å². The summed E-state index contributed by atoms with van der Waals surface area (Å²) >= 11 is 2.08. The van der Waals surface area contributed by atoms with Crippen LogP contribution in [0.15, 0.2) is 14.3 Å². The van der Waals surface area contributed by atoms with Crippen LogP contribution in [0.25, 0.3) is 0 Å². The second kappa shape index (κ2) is 6.91. The van der Waals surface area contributed by atoms with E-state index in [2.05, 4.69) is 30.7 Å². The summed E-state index contributed by atoms with van der Waals surface area (Å²) in [7, 11) is 1.03. The molecule has 2 heterocycles. The molecule has 0 radical (unpaired) electrons. The van der Waals surface area contributed by atoms with Crippen LogP contribution in [-0.4, -0.2) is 25.9 Å². The van der Waals surface area contributed by atoms with Crippen LogP contribution in [0.2, 0.25) is 0 Å². The van der Waals surface area contributed by atoms with Crippen LogP contribution >= 0.6 is 27.3 Å². The van der Waals surface area contributed by atoms with E-state index in [0.717, 1.165) is 18.4 Å². The average molecular weight is 440 g/mol. The van der Waals surface area contributed by atoms with Gasteiger partial charge in [0.15, 0.2) is 5.69 Å². The van der Waals surface area contributed by atoms with Crippen molar-refractivity contribution >= 4 is 38.4 Å². The maximum absolute atomic E-state index is 13.0. The number of hydrogen-bond donors (Lipinski definition) is 0. The number of thiazole rings is 1. The molecule has 128 valence electrons. The molecule has 0 fully saturated rings. The molecule has 0 aliphatic heterocycles. The van der Waals surface area contributed by atoms with E-state index in [9.17, 15) is 26.5 Å². The maximum atomic E-state index is 13.0. The molecular formula is C10H7BrF5N3O2S2. The average Bonchev–Trinajstić information content (AvgIpc) is 2.96. The summed E-state index contributed by atoms with van der Waals surface area (Å²) in [6.07, 6.45) is -3.56. The first-order valence-electron chi connectivity index (χ1n) is 5.67. The van der Waals surface area contributed by atoms with Gasteiger partial charge in [-0.05, 0) is 15.9 Å². The molecule has 0 aliphatic rings. The molecule has 2 aromatic heterocycles. The maximum Gasteiger partial charge on any atom is 0.435 e. The Balaban J connectivity index is 2.41. The van der Waals surface area contributed by atoms with Crippen LogP contribution in [0, 0.1) is 0 Å². The normalized spacial score (nSPS) is 13.6. The van der Waals surface area contributed by atoms with Gasteiger partial charge in [0.25, 0.3) is 0 Å². The van der Waals surface area contributed by atoms with Gasteiger partial charge >= 0.3 is 17.1 Å². The first kappa shape index (κ1) is 18.4. The third-order valence-electron chi connectivity index (χ3n) is 2.48. The van der Waals surface area contributed by atoms with Gasteiger partial charge in [-0.3, -0.25) is 0 Å². The van der Waals surface area contributed by atoms with Crippen LogP contribution in [0.4, 0.5) is 22.0 Å². The molecule has 0 bridgehead atoms. The summed E-state index contributed by atoms with van der Waals surface area (Å²) in [5.41, 5.74) is -2.12. The van der Waals surface area contributed by atoms with Gasteiger partial charge in [0, 0.05) is 18.2 Å². The summed E-state index contributed by atoms with van der Waals surface area (Å²) in [5, 5.41) is 3.16. The highest BCUT2D eigenvalue weighted by atomic mass is 79.9. The van der Waals surface area contributed by atoms with Crippen molar-refractivity contribution in [3.05, 3.63) is 21.2 Å². The Hall–Kier alpha value is -0.920. The summed E-state index contributed by atoms with van der Waals surface area (Å²) < 4.78 is 81.2. The van der Waals surface area contributed by atoms with E-state index in [4.69, 9.17) is 0 Å². The third kappa shape index (κ3) is 4.33. The van der Waals surface area contributed by atoms with E-state index >= 15 is 0 Å². The number of hydrogen-bond acceptors (Lipinski definition) is 5. The summed E-state index contributed by atoms with van der Waals surface area (Å²) in [4.78, 5) is 3.78. The van der Waals surface area contributed by atoms with Crippen molar-refractivity contribution in [2.45, 2.75) is 22.9 Å². The molecule has 0 spiro atoms. The fraction of sp³-hybridized carbons (Fsp3) is 0.400. The smallest absolute Gasteiger partial charge is 0.435 e. The Morgan fingerprint density at radius 3 is 2.61 bits per heavy atom. The van der Waals surface area contributed by atoms with E-state index in [1.165, 1.54) is 6.20 Å². The van der Waals surface area contributed by atoms with Crippen molar-refractivity contribution in [1.29, 1.82) is 0 Å². The Kier molecular flexibility index (Phi) is 5.53. The fourth-order valence-corrected chi connectivity index (χ4v) is 4.58. The predicted octanol–water partition coefficient (Wildman–Crippen LogP) is 3.57. The largest absolute Gasteiger partial charge is 0.609 e. The zero-order chi connectivity index (χ0) is 17.4. The third-order valence-corrected chi connectivity index (χ3v) is 5.61. The van der Waals surface area contributed by atoms with E-state index in [0.29, 0.717) is 8.47 Å². The van der Waals surface area contributed by atoms with Crippen molar-refractivity contribution in [2.75, 3.05) is 0 Å². The summed E-state index contributed by atoms with van der Waals surface area (Å²) in [6, 6.07) is 0. The summed E-state index contributed by atoms with van der Waals surface area (Å²) in [5.74, 6) is -1.48. The molecule has 0 aliphatic carbocycles. The summed E-state index contributed by atoms with van der Waals surface area (Å²) in [6.45, 7) is -3.34. The second-order valence-corrected chi connectivity index (χ2v) is 8.09. The zero-order valence-electron chi connectivity index (χ0n) is 11.1. The minimum absolute atomic E-state index is 0.0526. The van der Waals surface area contributed by atoms with Crippen LogP contribution in [-0.2, 0) is 30.2 Å². The van der Waals surface area contributed by atoms with Gasteiger partial charge in [0.05, 0.1) is 15.5 Å². The molecule has 0 saturated carbocycles. The zero-order valence-corrected chi connectivity index (χ0v) is 14.3. The molecule has 1 atom stereocenters. The van der Waals surface area contributed by atoms with Crippen LogP contribution in [0.1, 0.15) is 11.3 Å². The number of aryl methyl sites for hydroxylation is 1. The molecule has 0 N–H and O–H groups in total. The van der Waals surface area contributed by atoms with Crippen LogP contribution in [0.5, 0.6) is 5.88 Å². The Bertz CT molecular complexity index is 691. The number of rotatable bonds is 5. The van der Waals surface area contributed by atoms with Crippen molar-refractivity contribution in [3.8, 4) is 5.88 Å². The molecule has 2 aromatic rings. The molecule has 13 heteroatoms. The molecule has 2 rings (SSSR count). The highest BCUT2D eigenvalue weighted by Crippen LogP contribution is 2.38. The Morgan fingerprint density at radius 2 is 2.13 bits per heavy atom. The lowest BCUT2D eigenvalue weighted by Gasteiger charge is -2.11. The fourth-order valence-electron chi connectivity index (χ4n) is 1.68. The quantitative estimate of drug-likeness (QED) is 0.527. The number of aromatic nitrogens is 3. The minimum Gasteiger partial charge on any atom is -0.609 e. The van der Waals surface area contributed by atoms with Crippen molar-refractivity contribution < 1.29 is 31.2 Å². The van der Waals surface area contributed by atoms with E-state index in [1.807, 2.05) is 0 Å². The highest BCUT2D eigenvalue weighted by Gasteiger charge is 2.41. The lowest BCUT2D eigenvalue weighted by molar-refractivity contribution is -0.142. The van der Waals surface area contributed by atoms with E-state index in [-0.39, 0.29) is 4.34 Å². The van der Waals surface area contributed by atoms with Crippen molar-refractivity contribution in [1.82, 2.24) is 14.8 Å². The van der Waals surface area contributed by atoms with Gasteiger partial charge < -0.3 is 9.29 Å². The van der Waals surface area contributed by atoms with Gasteiger partial charge in [0.2, 0.25) is 5.88 Å². The van der Waals surface area contributed by atoms with E-state index < -0.39 is 46.9 Å². The Morgan fingerprint density at radius 1 is 1.48 bits per heavy atom. The first-order chi connectivity index (χ1) is 10.6. The molecule has 0 aromatic carbocycles. The van der Waals surface area contributed by atoms with E-state index in [1.54, 1.807) is 0 Å². The van der Waals surface area contributed by atoms with Crippen LogP contribution in [0.3, 0.4) is 0 Å². The molecule has 0 saturated heterocycles. The molecule has 5 nitrogen and oxygen atoms in total. The monoisotopic (exact) mass is 439 g/mol. The lowest BCUT2D eigenvalue weighted by Crippen LogP contribution is -2.14. The van der Waals surface area contributed by atoms with Gasteiger partial charge in [-0.2, -0.15) is 32.0 Å². The van der Waals surface area contributed by atoms with Gasteiger partial charge in [-0.25, -0.2) is 4.68 Å². The second-order valence-electron chi connectivity index (χ2n) is 4.05. The molecule has 1 unspecified atom stereocenters. The number of alkyl halides is 5. The minimum atomic E-state index is -4.90. The first-order valence-corrected chi connectivity index (χ1v) is 8.60. The number of halogens is 6. The molecule has 0 amide bonds. The van der Waals surface area contributed by atoms with Gasteiger partial charge in [0.1, 0.15) is 5.75 Å². The van der Waals surface area contributed by atoms with Crippen molar-refractivity contribution in [3.63, 3.8) is 0 Å². The van der Waals surface area contributed by atoms with Crippen LogP contribution < -0.4 is 4.74 Å².